The number of ether oxygens (including phenoxy) is 3. The number of nitrogens with zero attached hydrogens (tertiary/aromatic N) is 6. The van der Waals surface area contributed by atoms with Crippen LogP contribution in [0.25, 0.3) is 33.4 Å². The van der Waals surface area contributed by atoms with E-state index in [1.165, 1.54) is 29.2 Å². The number of hydrogen-bond acceptors (Lipinski definition) is 12. The zero-order valence-electron chi connectivity index (χ0n) is 37.0. The maximum atomic E-state index is 14.1. The van der Waals surface area contributed by atoms with Crippen molar-refractivity contribution in [3.63, 3.8) is 0 Å². The Morgan fingerprint density at radius 1 is 1.10 bits per heavy atom. The van der Waals surface area contributed by atoms with Crippen molar-refractivity contribution in [2.75, 3.05) is 51.3 Å². The number of carbonyl (C=O) groups is 3. The molecule has 0 spiro atoms. The van der Waals surface area contributed by atoms with Crippen molar-refractivity contribution < 1.29 is 28.6 Å². The molecule has 328 valence electrons. The standard InChI is InChI=1S/C46H62N8O6S/c1-9-53-38-15-12-29-21-32(38)34(41(53)33-22-31(25-47-40(33)28(2)58-8)52-19-17-51(18-20-52)30-13-14-30)24-46(6,7)27-59-43(56)35-11-10-16-54(50-35)42(55)36(23-39-48-37(29)26-61-39)49-44(57)60-45(3,4)5/h12,15,21-22,25-26,28,30,35-36,50H,9-11,13-14,16-20,23-24,27H2,1-8H3,(H,49,57)/t28-,35-,36-/m0/s1. The molecule has 2 amide bonds. The summed E-state index contributed by atoms with van der Waals surface area (Å²) in [6, 6.07) is 7.86. The molecule has 8 rings (SSSR count). The lowest BCUT2D eigenvalue weighted by Gasteiger charge is -2.36. The van der Waals surface area contributed by atoms with Gasteiger partial charge in [-0.1, -0.05) is 19.9 Å². The number of alkyl carbamates (subject to hydrolysis) is 1. The molecule has 6 bridgehead atoms. The fourth-order valence-electron chi connectivity index (χ4n) is 9.01. The molecule has 3 aliphatic heterocycles. The number of aromatic nitrogens is 3. The van der Waals surface area contributed by atoms with Crippen molar-refractivity contribution in [2.24, 2.45) is 5.41 Å². The molecule has 0 unspecified atom stereocenters. The van der Waals surface area contributed by atoms with Crippen molar-refractivity contribution in [1.29, 1.82) is 0 Å². The van der Waals surface area contributed by atoms with Crippen molar-refractivity contribution in [1.82, 2.24) is 35.2 Å². The Kier molecular flexibility index (Phi) is 12.2. The number of cyclic esters (lactones) is 1. The average Bonchev–Trinajstić information content (AvgIpc) is 3.92. The van der Waals surface area contributed by atoms with Crippen molar-refractivity contribution in [3.8, 4) is 22.5 Å². The maximum absolute atomic E-state index is 14.1. The first-order chi connectivity index (χ1) is 29.1. The van der Waals surface area contributed by atoms with Crippen LogP contribution >= 0.6 is 11.3 Å². The second kappa shape index (κ2) is 17.3. The number of amides is 2. The number of methoxy groups -OCH3 is 1. The first-order valence-electron chi connectivity index (χ1n) is 22.0. The molecular formula is C46H62N8O6S. The summed E-state index contributed by atoms with van der Waals surface area (Å²) in [5, 5.41) is 8.03. The minimum absolute atomic E-state index is 0.146. The Morgan fingerprint density at radius 2 is 1.87 bits per heavy atom. The van der Waals surface area contributed by atoms with Gasteiger partial charge < -0.3 is 29.0 Å². The van der Waals surface area contributed by atoms with Crippen LogP contribution in [0.3, 0.4) is 0 Å². The zero-order valence-corrected chi connectivity index (χ0v) is 37.8. The number of hydrogen-bond donors (Lipinski definition) is 2. The number of aryl methyl sites for hydroxylation is 1. The van der Waals surface area contributed by atoms with Gasteiger partial charge in [0.25, 0.3) is 5.91 Å². The van der Waals surface area contributed by atoms with E-state index in [0.717, 1.165) is 89.1 Å². The Balaban J connectivity index is 1.24. The molecule has 3 atom stereocenters. The van der Waals surface area contributed by atoms with Gasteiger partial charge in [-0.15, -0.1) is 11.3 Å². The van der Waals surface area contributed by atoms with Crippen LogP contribution in [0.2, 0.25) is 0 Å². The second-order valence-electron chi connectivity index (χ2n) is 18.9. The van der Waals surface area contributed by atoms with Gasteiger partial charge in [0, 0.05) is 91.7 Å². The molecule has 61 heavy (non-hydrogen) atoms. The first kappa shape index (κ1) is 43.1. The number of anilines is 1. The van der Waals surface area contributed by atoms with Crippen molar-refractivity contribution in [3.05, 3.63) is 52.1 Å². The summed E-state index contributed by atoms with van der Waals surface area (Å²) in [7, 11) is 1.73. The maximum Gasteiger partial charge on any atom is 0.408 e. The van der Waals surface area contributed by atoms with Crippen LogP contribution in [0.15, 0.2) is 35.8 Å². The second-order valence-corrected chi connectivity index (χ2v) is 19.8. The van der Waals surface area contributed by atoms with E-state index in [1.807, 2.05) is 11.6 Å². The Labute approximate surface area is 363 Å². The fourth-order valence-corrected chi connectivity index (χ4v) is 9.86. The smallest absolute Gasteiger partial charge is 0.408 e. The normalized spacial score (nSPS) is 22.2. The summed E-state index contributed by atoms with van der Waals surface area (Å²) in [6.07, 6.45) is 5.53. The molecule has 1 saturated carbocycles. The minimum Gasteiger partial charge on any atom is -0.464 e. The SMILES string of the molecule is CCn1c(-c2cc(N3CCN(C4CC4)CC3)cnc2[C@H](C)OC)c2c3cc(ccc31)-c1csc(n1)C[C@H](NC(=O)OC(C)(C)C)C(=O)N1CCC[C@H](N1)C(=O)OCC(C)(C)C2. The van der Waals surface area contributed by atoms with Gasteiger partial charge in [-0.25, -0.2) is 15.2 Å². The molecule has 4 aliphatic rings. The van der Waals surface area contributed by atoms with Gasteiger partial charge >= 0.3 is 12.1 Å². The summed E-state index contributed by atoms with van der Waals surface area (Å²) in [5.74, 6) is -0.788. The third-order valence-electron chi connectivity index (χ3n) is 12.3. The Hall–Kier alpha value is -4.57. The van der Waals surface area contributed by atoms with Gasteiger partial charge in [0.1, 0.15) is 17.7 Å². The molecule has 14 nitrogen and oxygen atoms in total. The summed E-state index contributed by atoms with van der Waals surface area (Å²) < 4.78 is 20.1. The highest BCUT2D eigenvalue weighted by atomic mass is 32.1. The third-order valence-corrected chi connectivity index (χ3v) is 13.2. The molecule has 15 heteroatoms. The lowest BCUT2D eigenvalue weighted by atomic mass is 9.84. The number of fused-ring (bicyclic) bond motifs is 6. The highest BCUT2D eigenvalue weighted by Crippen LogP contribution is 2.43. The largest absolute Gasteiger partial charge is 0.464 e. The average molecular weight is 855 g/mol. The van der Waals surface area contributed by atoms with Crippen LogP contribution in [0, 0.1) is 5.41 Å². The third kappa shape index (κ3) is 9.45. The quantitative estimate of drug-likeness (QED) is 0.188. The topological polar surface area (TPSA) is 143 Å². The van der Waals surface area contributed by atoms with E-state index in [2.05, 4.69) is 77.1 Å². The molecule has 3 aromatic heterocycles. The molecule has 3 fully saturated rings. The summed E-state index contributed by atoms with van der Waals surface area (Å²) in [6.45, 7) is 19.1. The number of hydrazine groups is 1. The molecule has 6 heterocycles. The number of rotatable bonds is 7. The molecular weight excluding hydrogens is 793 g/mol. The van der Waals surface area contributed by atoms with Gasteiger partial charge in [0.15, 0.2) is 0 Å². The van der Waals surface area contributed by atoms with Crippen LogP contribution in [0.1, 0.15) is 96.5 Å². The van der Waals surface area contributed by atoms with Crippen LogP contribution in [0.5, 0.6) is 0 Å². The van der Waals surface area contributed by atoms with E-state index < -0.39 is 35.2 Å². The van der Waals surface area contributed by atoms with Gasteiger partial charge in [-0.3, -0.25) is 24.5 Å². The van der Waals surface area contributed by atoms with Crippen LogP contribution in [-0.2, 0) is 43.2 Å². The summed E-state index contributed by atoms with van der Waals surface area (Å²) in [5.41, 5.74) is 9.96. The number of pyridine rings is 1. The lowest BCUT2D eigenvalue weighted by molar-refractivity contribution is -0.155. The Bertz CT molecular complexity index is 2270. The number of carbonyl (C=O) groups excluding carboxylic acids is 3. The zero-order chi connectivity index (χ0) is 43.2. The molecule has 1 aliphatic carbocycles. The van der Waals surface area contributed by atoms with E-state index in [1.54, 1.807) is 27.9 Å². The summed E-state index contributed by atoms with van der Waals surface area (Å²) >= 11 is 1.45. The van der Waals surface area contributed by atoms with E-state index in [-0.39, 0.29) is 25.0 Å². The Morgan fingerprint density at radius 3 is 2.57 bits per heavy atom. The molecule has 1 aromatic carbocycles. The van der Waals surface area contributed by atoms with Gasteiger partial charge in [0.2, 0.25) is 0 Å². The van der Waals surface area contributed by atoms with E-state index >= 15 is 0 Å². The van der Waals surface area contributed by atoms with Gasteiger partial charge in [-0.2, -0.15) is 0 Å². The number of esters is 1. The monoisotopic (exact) mass is 854 g/mol. The van der Waals surface area contributed by atoms with Crippen LogP contribution < -0.4 is 15.6 Å². The van der Waals surface area contributed by atoms with Gasteiger partial charge in [0.05, 0.1) is 46.7 Å². The first-order valence-corrected chi connectivity index (χ1v) is 22.8. The molecule has 4 aromatic rings. The minimum atomic E-state index is -0.987. The predicted molar refractivity (Wildman–Crippen MR) is 237 cm³/mol. The van der Waals surface area contributed by atoms with Crippen LogP contribution in [-0.4, -0.2) is 113 Å². The van der Waals surface area contributed by atoms with Gasteiger partial charge in [-0.05, 0) is 90.5 Å². The van der Waals surface area contributed by atoms with E-state index in [0.29, 0.717) is 30.8 Å². The summed E-state index contributed by atoms with van der Waals surface area (Å²) in [4.78, 5) is 56.4. The number of nitrogens with one attached hydrogen (secondary N) is 2. The predicted octanol–water partition coefficient (Wildman–Crippen LogP) is 6.90. The van der Waals surface area contributed by atoms with Crippen molar-refractivity contribution >= 4 is 45.9 Å². The number of piperazine rings is 1. The van der Waals surface area contributed by atoms with Crippen molar-refractivity contribution in [2.45, 2.75) is 123 Å². The highest BCUT2D eigenvalue weighted by molar-refractivity contribution is 7.10. The lowest BCUT2D eigenvalue weighted by Crippen LogP contribution is -2.60. The number of thiazole rings is 1. The fraction of sp³-hybridized carbons (Fsp3) is 0.587. The molecule has 2 saturated heterocycles. The highest BCUT2D eigenvalue weighted by Gasteiger charge is 2.37. The van der Waals surface area contributed by atoms with E-state index in [9.17, 15) is 14.4 Å². The number of benzene rings is 1. The van der Waals surface area contributed by atoms with Crippen LogP contribution in [0.4, 0.5) is 10.5 Å². The molecule has 0 radical (unpaired) electrons. The molecule has 2 N–H and O–H groups in total. The van der Waals surface area contributed by atoms with E-state index in [4.69, 9.17) is 24.2 Å².